The van der Waals surface area contributed by atoms with Crippen LogP contribution in [0.4, 0.5) is 5.69 Å². The average molecular weight is 234 g/mol. The molecule has 1 saturated carbocycles. The highest BCUT2D eigenvalue weighted by atomic mass is 16.5. The van der Waals surface area contributed by atoms with Gasteiger partial charge in [0.25, 0.3) is 0 Å². The van der Waals surface area contributed by atoms with Gasteiger partial charge in [-0.1, -0.05) is 12.8 Å². The van der Waals surface area contributed by atoms with Crippen molar-refractivity contribution in [2.45, 2.75) is 32.2 Å². The summed E-state index contributed by atoms with van der Waals surface area (Å²) in [5.41, 5.74) is 1.27. The zero-order valence-corrected chi connectivity index (χ0v) is 10.3. The second kappa shape index (κ2) is 5.17. The highest BCUT2D eigenvalue weighted by Gasteiger charge is 2.23. The number of carbonyl (C=O) groups is 1. The van der Waals surface area contributed by atoms with Gasteiger partial charge in [-0.25, -0.2) is 9.78 Å². The van der Waals surface area contributed by atoms with Crippen molar-refractivity contribution in [3.05, 3.63) is 24.0 Å². The van der Waals surface area contributed by atoms with Gasteiger partial charge in [-0.3, -0.25) is 0 Å². The van der Waals surface area contributed by atoms with Gasteiger partial charge in [-0.15, -0.1) is 0 Å². The topological polar surface area (TPSA) is 51.2 Å². The van der Waals surface area contributed by atoms with Crippen LogP contribution in [0.25, 0.3) is 0 Å². The fraction of sp³-hybridized carbons (Fsp3) is 0.538. The zero-order valence-electron chi connectivity index (χ0n) is 10.3. The monoisotopic (exact) mass is 234 g/mol. The van der Waals surface area contributed by atoms with E-state index in [-0.39, 0.29) is 0 Å². The van der Waals surface area contributed by atoms with Crippen LogP contribution in [0.3, 0.4) is 0 Å². The van der Waals surface area contributed by atoms with Crippen LogP contribution < -0.4 is 5.32 Å². The molecule has 1 aromatic heterocycles. The number of hydrogen-bond acceptors (Lipinski definition) is 4. The Hall–Kier alpha value is -1.58. The van der Waals surface area contributed by atoms with Gasteiger partial charge in [0.15, 0.2) is 0 Å². The molecule has 0 bridgehead atoms. The van der Waals surface area contributed by atoms with E-state index in [1.807, 2.05) is 6.07 Å². The number of methoxy groups -OCH3 is 1. The number of pyridine rings is 1. The molecule has 1 atom stereocenters. The molecule has 0 saturated heterocycles. The first kappa shape index (κ1) is 11.9. The molecule has 1 N–H and O–H groups in total. The molecule has 1 heterocycles. The Morgan fingerprint density at radius 1 is 1.65 bits per heavy atom. The summed E-state index contributed by atoms with van der Waals surface area (Å²) in [5, 5.41) is 3.38. The molecule has 0 aromatic carbocycles. The van der Waals surface area contributed by atoms with E-state index in [1.54, 1.807) is 12.3 Å². The van der Waals surface area contributed by atoms with Crippen molar-refractivity contribution in [3.63, 3.8) is 0 Å². The summed E-state index contributed by atoms with van der Waals surface area (Å²) in [6.45, 7) is 2.16. The van der Waals surface area contributed by atoms with E-state index >= 15 is 0 Å². The third kappa shape index (κ3) is 3.44. The fourth-order valence-electron chi connectivity index (χ4n) is 1.93. The molecule has 4 nitrogen and oxygen atoms in total. The van der Waals surface area contributed by atoms with Gasteiger partial charge in [0.05, 0.1) is 7.11 Å². The number of rotatable bonds is 5. The number of anilines is 1. The predicted octanol–water partition coefficient (Wildman–Crippen LogP) is 2.47. The van der Waals surface area contributed by atoms with Crippen LogP contribution in [0.1, 0.15) is 36.7 Å². The van der Waals surface area contributed by atoms with Gasteiger partial charge in [-0.05, 0) is 31.4 Å². The van der Waals surface area contributed by atoms with Crippen molar-refractivity contribution in [2.24, 2.45) is 5.92 Å². The fourth-order valence-corrected chi connectivity index (χ4v) is 1.93. The Balaban J connectivity index is 1.97. The summed E-state index contributed by atoms with van der Waals surface area (Å²) >= 11 is 0. The largest absolute Gasteiger partial charge is 0.464 e. The Labute approximate surface area is 101 Å². The highest BCUT2D eigenvalue weighted by molar-refractivity contribution is 5.88. The van der Waals surface area contributed by atoms with Gasteiger partial charge in [0, 0.05) is 17.9 Å². The number of nitrogens with zero attached hydrogens (tertiary/aromatic N) is 1. The molecule has 1 aliphatic carbocycles. The van der Waals surface area contributed by atoms with Crippen LogP contribution in [0, 0.1) is 5.92 Å². The minimum atomic E-state index is -0.400. The molecule has 4 heteroatoms. The Morgan fingerprint density at radius 2 is 2.41 bits per heavy atom. The minimum Gasteiger partial charge on any atom is -0.464 e. The van der Waals surface area contributed by atoms with E-state index in [9.17, 15) is 4.79 Å². The van der Waals surface area contributed by atoms with E-state index in [1.165, 1.54) is 26.4 Å². The van der Waals surface area contributed by atoms with Crippen molar-refractivity contribution in [1.82, 2.24) is 4.98 Å². The van der Waals surface area contributed by atoms with Gasteiger partial charge in [0.2, 0.25) is 0 Å². The Kier molecular flexibility index (Phi) is 3.61. The molecular formula is C13H18N2O2. The average Bonchev–Trinajstić information content (AvgIpc) is 3.12. The summed E-state index contributed by atoms with van der Waals surface area (Å²) in [4.78, 5) is 15.3. The number of carbonyl (C=O) groups excluding carboxylic acids is 1. The summed E-state index contributed by atoms with van der Waals surface area (Å²) in [6, 6.07) is 4.03. The third-order valence-corrected chi connectivity index (χ3v) is 2.95. The first-order valence-corrected chi connectivity index (χ1v) is 6.00. The molecule has 1 unspecified atom stereocenters. The molecular weight excluding hydrogens is 216 g/mol. The molecule has 0 spiro atoms. The van der Waals surface area contributed by atoms with E-state index in [2.05, 4.69) is 22.0 Å². The molecule has 92 valence electrons. The standard InChI is InChI=1S/C13H18N2O2/c1-9(7-10-3-4-10)15-11-5-6-14-12(8-11)13(16)17-2/h5-6,8-10H,3-4,7H2,1-2H3,(H,14,15). The van der Waals surface area contributed by atoms with Crippen LogP contribution >= 0.6 is 0 Å². The van der Waals surface area contributed by atoms with Crippen LogP contribution in [0.15, 0.2) is 18.3 Å². The molecule has 1 aliphatic rings. The summed E-state index contributed by atoms with van der Waals surface area (Å²) in [5.74, 6) is 0.489. The molecule has 17 heavy (non-hydrogen) atoms. The lowest BCUT2D eigenvalue weighted by Crippen LogP contribution is -2.16. The summed E-state index contributed by atoms with van der Waals surface area (Å²) < 4.78 is 4.64. The maximum Gasteiger partial charge on any atom is 0.356 e. The lowest BCUT2D eigenvalue weighted by Gasteiger charge is -2.14. The second-order valence-electron chi connectivity index (χ2n) is 4.65. The number of aromatic nitrogens is 1. The number of hydrogen-bond donors (Lipinski definition) is 1. The normalized spacial score (nSPS) is 16.4. The first-order valence-electron chi connectivity index (χ1n) is 6.00. The van der Waals surface area contributed by atoms with Crippen molar-refractivity contribution in [1.29, 1.82) is 0 Å². The zero-order chi connectivity index (χ0) is 12.3. The van der Waals surface area contributed by atoms with Crippen LogP contribution in [0.5, 0.6) is 0 Å². The number of nitrogens with one attached hydrogen (secondary N) is 1. The maximum atomic E-state index is 11.3. The van der Waals surface area contributed by atoms with Gasteiger partial charge in [-0.2, -0.15) is 0 Å². The smallest absolute Gasteiger partial charge is 0.356 e. The molecule has 1 aromatic rings. The highest BCUT2D eigenvalue weighted by Crippen LogP contribution is 2.34. The van der Waals surface area contributed by atoms with Crippen molar-refractivity contribution in [2.75, 3.05) is 12.4 Å². The van der Waals surface area contributed by atoms with Crippen molar-refractivity contribution >= 4 is 11.7 Å². The molecule has 1 fully saturated rings. The first-order chi connectivity index (χ1) is 8.19. The van der Waals surface area contributed by atoms with E-state index in [4.69, 9.17) is 0 Å². The molecule has 0 aliphatic heterocycles. The maximum absolute atomic E-state index is 11.3. The predicted molar refractivity (Wildman–Crippen MR) is 66.0 cm³/mol. The quantitative estimate of drug-likeness (QED) is 0.795. The van der Waals surface area contributed by atoms with E-state index in [0.29, 0.717) is 11.7 Å². The third-order valence-electron chi connectivity index (χ3n) is 2.95. The summed E-state index contributed by atoms with van der Waals surface area (Å²) in [7, 11) is 1.36. The van der Waals surface area contributed by atoms with E-state index in [0.717, 1.165) is 11.6 Å². The second-order valence-corrected chi connectivity index (χ2v) is 4.65. The SMILES string of the molecule is COC(=O)c1cc(NC(C)CC2CC2)ccn1. The number of ether oxygens (including phenoxy) is 1. The van der Waals surface area contributed by atoms with E-state index < -0.39 is 5.97 Å². The minimum absolute atomic E-state index is 0.344. The molecule has 0 radical (unpaired) electrons. The van der Waals surface area contributed by atoms with Crippen molar-refractivity contribution in [3.8, 4) is 0 Å². The van der Waals surface area contributed by atoms with Crippen LogP contribution in [-0.2, 0) is 4.74 Å². The number of esters is 1. The Morgan fingerprint density at radius 3 is 3.06 bits per heavy atom. The van der Waals surface area contributed by atoms with Gasteiger partial charge in [0.1, 0.15) is 5.69 Å². The molecule has 0 amide bonds. The summed E-state index contributed by atoms with van der Waals surface area (Å²) in [6.07, 6.45) is 5.53. The van der Waals surface area contributed by atoms with Crippen LogP contribution in [0.2, 0.25) is 0 Å². The van der Waals surface area contributed by atoms with Gasteiger partial charge < -0.3 is 10.1 Å². The lowest BCUT2D eigenvalue weighted by atomic mass is 10.1. The van der Waals surface area contributed by atoms with Gasteiger partial charge >= 0.3 is 5.97 Å². The molecule has 2 rings (SSSR count). The van der Waals surface area contributed by atoms with Crippen LogP contribution in [-0.4, -0.2) is 24.1 Å². The Bertz CT molecular complexity index is 402. The van der Waals surface area contributed by atoms with Crippen molar-refractivity contribution < 1.29 is 9.53 Å². The lowest BCUT2D eigenvalue weighted by molar-refractivity contribution is 0.0594.